The molecule has 1 atom stereocenters. The number of ether oxygens (including phenoxy) is 1. The van der Waals surface area contributed by atoms with Crippen LogP contribution in [0.5, 0.6) is 0 Å². The van der Waals surface area contributed by atoms with Gasteiger partial charge in [0.05, 0.1) is 6.61 Å². The molecule has 1 fully saturated rings. The van der Waals surface area contributed by atoms with Crippen LogP contribution in [-0.4, -0.2) is 49.2 Å². The normalized spacial score (nSPS) is 16.5. The van der Waals surface area contributed by atoms with Gasteiger partial charge in [-0.3, -0.25) is 4.79 Å². The van der Waals surface area contributed by atoms with E-state index >= 15 is 0 Å². The Labute approximate surface area is 130 Å². The average Bonchev–Trinajstić information content (AvgIpc) is 3.30. The number of esters is 1. The molecule has 0 aromatic carbocycles. The standard InChI is InChI=1S/C17H34N2O2/c1-5-14(6-2)13-19(7-3)12-11-16(17(20)21-8-4)18-15-9-10-15/h14-16,18H,5-13H2,1-4H3. The van der Waals surface area contributed by atoms with Crippen molar-refractivity contribution in [2.24, 2.45) is 5.92 Å². The zero-order valence-electron chi connectivity index (χ0n) is 14.4. The van der Waals surface area contributed by atoms with Crippen LogP contribution in [0.3, 0.4) is 0 Å². The predicted molar refractivity (Wildman–Crippen MR) is 87.4 cm³/mol. The van der Waals surface area contributed by atoms with Crippen LogP contribution in [0, 0.1) is 5.92 Å². The number of nitrogens with zero attached hydrogens (tertiary/aromatic N) is 1. The Morgan fingerprint density at radius 2 is 1.90 bits per heavy atom. The fourth-order valence-electron chi connectivity index (χ4n) is 2.65. The molecule has 0 aliphatic heterocycles. The third-order valence-corrected chi connectivity index (χ3v) is 4.44. The lowest BCUT2D eigenvalue weighted by atomic mass is 10.0. The van der Waals surface area contributed by atoms with E-state index in [0.717, 1.165) is 32.0 Å². The number of hydrogen-bond acceptors (Lipinski definition) is 4. The highest BCUT2D eigenvalue weighted by Gasteiger charge is 2.29. The first-order valence-corrected chi connectivity index (χ1v) is 8.79. The van der Waals surface area contributed by atoms with Crippen molar-refractivity contribution in [3.05, 3.63) is 0 Å². The molecular weight excluding hydrogens is 264 g/mol. The fourth-order valence-corrected chi connectivity index (χ4v) is 2.65. The molecule has 124 valence electrons. The minimum atomic E-state index is -0.131. The Morgan fingerprint density at radius 1 is 1.24 bits per heavy atom. The average molecular weight is 298 g/mol. The first-order valence-electron chi connectivity index (χ1n) is 8.79. The molecule has 0 aromatic rings. The third-order valence-electron chi connectivity index (χ3n) is 4.44. The number of hydrogen-bond donors (Lipinski definition) is 1. The molecule has 21 heavy (non-hydrogen) atoms. The zero-order valence-corrected chi connectivity index (χ0v) is 14.4. The van der Waals surface area contributed by atoms with Crippen molar-refractivity contribution in [2.45, 2.75) is 71.9 Å². The summed E-state index contributed by atoms with van der Waals surface area (Å²) in [5, 5.41) is 3.44. The van der Waals surface area contributed by atoms with E-state index in [1.807, 2.05) is 6.92 Å². The van der Waals surface area contributed by atoms with E-state index in [1.54, 1.807) is 0 Å². The van der Waals surface area contributed by atoms with Crippen LogP contribution in [0.2, 0.25) is 0 Å². The fraction of sp³-hybridized carbons (Fsp3) is 0.941. The lowest BCUT2D eigenvalue weighted by molar-refractivity contribution is -0.146. The molecule has 0 amide bonds. The first kappa shape index (κ1) is 18.4. The van der Waals surface area contributed by atoms with Crippen LogP contribution in [0.4, 0.5) is 0 Å². The van der Waals surface area contributed by atoms with Gasteiger partial charge in [0, 0.05) is 19.1 Å². The molecule has 4 nitrogen and oxygen atoms in total. The summed E-state index contributed by atoms with van der Waals surface area (Å²) in [4.78, 5) is 14.5. The maximum atomic E-state index is 12.0. The number of rotatable bonds is 12. The van der Waals surface area contributed by atoms with E-state index in [1.165, 1.54) is 25.7 Å². The molecule has 1 unspecified atom stereocenters. The van der Waals surface area contributed by atoms with Gasteiger partial charge in [0.15, 0.2) is 0 Å². The van der Waals surface area contributed by atoms with Crippen molar-refractivity contribution < 1.29 is 9.53 Å². The monoisotopic (exact) mass is 298 g/mol. The molecule has 1 aliphatic carbocycles. The van der Waals surface area contributed by atoms with Crippen molar-refractivity contribution in [2.75, 3.05) is 26.2 Å². The predicted octanol–water partition coefficient (Wildman–Crippen LogP) is 2.82. The van der Waals surface area contributed by atoms with Crippen LogP contribution in [0.1, 0.15) is 59.8 Å². The molecule has 0 spiro atoms. The summed E-state index contributed by atoms with van der Waals surface area (Å²) in [6.07, 6.45) is 5.70. The van der Waals surface area contributed by atoms with Crippen LogP contribution in [0.15, 0.2) is 0 Å². The van der Waals surface area contributed by atoms with Crippen LogP contribution in [0.25, 0.3) is 0 Å². The summed E-state index contributed by atoms with van der Waals surface area (Å²) in [6, 6.07) is 0.404. The van der Waals surface area contributed by atoms with Crippen molar-refractivity contribution >= 4 is 5.97 Å². The van der Waals surface area contributed by atoms with Crippen molar-refractivity contribution in [3.63, 3.8) is 0 Å². The van der Waals surface area contributed by atoms with Gasteiger partial charge in [-0.15, -0.1) is 0 Å². The van der Waals surface area contributed by atoms with Crippen molar-refractivity contribution in [1.82, 2.24) is 10.2 Å². The highest BCUT2D eigenvalue weighted by atomic mass is 16.5. The summed E-state index contributed by atoms with van der Waals surface area (Å²) < 4.78 is 5.20. The van der Waals surface area contributed by atoms with Crippen LogP contribution >= 0.6 is 0 Å². The number of nitrogens with one attached hydrogen (secondary N) is 1. The largest absolute Gasteiger partial charge is 0.465 e. The van der Waals surface area contributed by atoms with Gasteiger partial charge in [0.25, 0.3) is 0 Å². The van der Waals surface area contributed by atoms with E-state index in [4.69, 9.17) is 4.74 Å². The second-order valence-electron chi connectivity index (χ2n) is 6.11. The number of carbonyl (C=O) groups excluding carboxylic acids is 1. The Morgan fingerprint density at radius 3 is 2.38 bits per heavy atom. The van der Waals surface area contributed by atoms with E-state index in [2.05, 4.69) is 31.0 Å². The van der Waals surface area contributed by atoms with Gasteiger partial charge in [-0.1, -0.05) is 33.6 Å². The maximum absolute atomic E-state index is 12.0. The molecule has 1 aliphatic rings. The Bertz CT molecular complexity index is 289. The third kappa shape index (κ3) is 7.28. The van der Waals surface area contributed by atoms with Gasteiger partial charge >= 0.3 is 5.97 Å². The topological polar surface area (TPSA) is 41.6 Å². The second-order valence-corrected chi connectivity index (χ2v) is 6.11. The van der Waals surface area contributed by atoms with Gasteiger partial charge in [0.2, 0.25) is 0 Å². The van der Waals surface area contributed by atoms with E-state index < -0.39 is 0 Å². The van der Waals surface area contributed by atoms with Gasteiger partial charge < -0.3 is 15.0 Å². The van der Waals surface area contributed by atoms with Crippen LogP contribution < -0.4 is 5.32 Å². The number of carbonyl (C=O) groups is 1. The molecule has 4 heteroatoms. The second kappa shape index (κ2) is 10.2. The molecule has 0 bridgehead atoms. The molecule has 0 aromatic heterocycles. The quantitative estimate of drug-likeness (QED) is 0.563. The molecule has 0 radical (unpaired) electrons. The van der Waals surface area contributed by atoms with Crippen molar-refractivity contribution in [1.29, 1.82) is 0 Å². The summed E-state index contributed by atoms with van der Waals surface area (Å²) in [6.45, 7) is 12.2. The Hall–Kier alpha value is -0.610. The first-order chi connectivity index (χ1) is 10.1. The molecule has 0 heterocycles. The summed E-state index contributed by atoms with van der Waals surface area (Å²) in [5.41, 5.74) is 0. The van der Waals surface area contributed by atoms with Gasteiger partial charge in [-0.25, -0.2) is 0 Å². The molecule has 0 saturated heterocycles. The summed E-state index contributed by atoms with van der Waals surface area (Å²) >= 11 is 0. The Kier molecular flexibility index (Phi) is 8.93. The summed E-state index contributed by atoms with van der Waals surface area (Å²) in [7, 11) is 0. The van der Waals surface area contributed by atoms with E-state index in [-0.39, 0.29) is 12.0 Å². The lowest BCUT2D eigenvalue weighted by Gasteiger charge is -2.27. The highest BCUT2D eigenvalue weighted by Crippen LogP contribution is 2.20. The molecule has 1 rings (SSSR count). The van der Waals surface area contributed by atoms with E-state index in [9.17, 15) is 4.79 Å². The lowest BCUT2D eigenvalue weighted by Crippen LogP contribution is -2.42. The maximum Gasteiger partial charge on any atom is 0.323 e. The van der Waals surface area contributed by atoms with E-state index in [0.29, 0.717) is 12.6 Å². The Balaban J connectivity index is 2.42. The van der Waals surface area contributed by atoms with Gasteiger partial charge in [0.1, 0.15) is 6.04 Å². The molecule has 1 saturated carbocycles. The van der Waals surface area contributed by atoms with Gasteiger partial charge in [-0.05, 0) is 38.6 Å². The molecular formula is C17H34N2O2. The zero-order chi connectivity index (χ0) is 15.7. The van der Waals surface area contributed by atoms with Gasteiger partial charge in [-0.2, -0.15) is 0 Å². The molecule has 1 N–H and O–H groups in total. The highest BCUT2D eigenvalue weighted by molar-refractivity contribution is 5.75. The van der Waals surface area contributed by atoms with Crippen molar-refractivity contribution in [3.8, 4) is 0 Å². The van der Waals surface area contributed by atoms with Crippen LogP contribution in [-0.2, 0) is 9.53 Å². The minimum Gasteiger partial charge on any atom is -0.465 e. The summed E-state index contributed by atoms with van der Waals surface area (Å²) in [5.74, 6) is 0.686. The smallest absolute Gasteiger partial charge is 0.323 e. The minimum absolute atomic E-state index is 0.0806. The SMILES string of the molecule is CCOC(=O)C(CCN(CC)CC(CC)CC)NC1CC1.